The van der Waals surface area contributed by atoms with Crippen molar-refractivity contribution in [3.8, 4) is 0 Å². The fourth-order valence-corrected chi connectivity index (χ4v) is 2.68. The second-order valence-corrected chi connectivity index (χ2v) is 5.22. The molecule has 1 aliphatic heterocycles. The second kappa shape index (κ2) is 4.78. The lowest BCUT2D eigenvalue weighted by Gasteiger charge is -2.20. The average molecular weight is 274 g/mol. The molecule has 0 saturated heterocycles. The highest BCUT2D eigenvalue weighted by Crippen LogP contribution is 2.33. The normalized spacial score (nSPS) is 13.7. The van der Waals surface area contributed by atoms with Crippen molar-refractivity contribution < 1.29 is 8.78 Å². The number of anilines is 2. The predicted octanol–water partition coefficient (Wildman–Crippen LogP) is 3.42. The largest absolute Gasteiger partial charge is 0.398 e. The predicted molar refractivity (Wildman–Crippen MR) is 76.7 cm³/mol. The molecule has 0 atom stereocenters. The third-order valence-electron chi connectivity index (χ3n) is 3.85. The van der Waals surface area contributed by atoms with Gasteiger partial charge in [-0.05, 0) is 36.6 Å². The molecule has 3 rings (SSSR count). The zero-order valence-electron chi connectivity index (χ0n) is 11.3. The van der Waals surface area contributed by atoms with Gasteiger partial charge < -0.3 is 10.6 Å². The van der Waals surface area contributed by atoms with Gasteiger partial charge in [0.25, 0.3) is 0 Å². The Kier molecular flexibility index (Phi) is 3.08. The molecule has 0 bridgehead atoms. The van der Waals surface area contributed by atoms with Crippen LogP contribution in [0.25, 0.3) is 0 Å². The summed E-state index contributed by atoms with van der Waals surface area (Å²) in [7, 11) is 0. The Morgan fingerprint density at radius 3 is 2.85 bits per heavy atom. The van der Waals surface area contributed by atoms with Crippen LogP contribution in [0, 0.1) is 18.6 Å². The van der Waals surface area contributed by atoms with Crippen molar-refractivity contribution in [1.82, 2.24) is 0 Å². The van der Waals surface area contributed by atoms with Crippen LogP contribution in [0.4, 0.5) is 20.2 Å². The summed E-state index contributed by atoms with van der Waals surface area (Å²) in [5.74, 6) is -1.56. The third-order valence-corrected chi connectivity index (χ3v) is 3.85. The lowest BCUT2D eigenvalue weighted by molar-refractivity contribution is 0.497. The maximum absolute atomic E-state index is 13.7. The SMILES string of the molecule is Cc1cc2c(cc1N)N(Cc1cccc(F)c1F)CC2. The van der Waals surface area contributed by atoms with Gasteiger partial charge in [0, 0.05) is 30.0 Å². The van der Waals surface area contributed by atoms with Crippen molar-refractivity contribution in [2.24, 2.45) is 0 Å². The highest BCUT2D eigenvalue weighted by atomic mass is 19.2. The van der Waals surface area contributed by atoms with Crippen LogP contribution in [0.1, 0.15) is 16.7 Å². The van der Waals surface area contributed by atoms with E-state index in [9.17, 15) is 8.78 Å². The minimum Gasteiger partial charge on any atom is -0.398 e. The summed E-state index contributed by atoms with van der Waals surface area (Å²) in [6.45, 7) is 3.14. The number of hydrogen-bond acceptors (Lipinski definition) is 2. The van der Waals surface area contributed by atoms with Crippen LogP contribution in [0.5, 0.6) is 0 Å². The summed E-state index contributed by atoms with van der Waals surface area (Å²) < 4.78 is 27.0. The molecule has 2 aromatic rings. The Morgan fingerprint density at radius 1 is 1.25 bits per heavy atom. The molecule has 0 spiro atoms. The summed E-state index contributed by atoms with van der Waals surface area (Å²) in [6.07, 6.45) is 0.910. The molecule has 2 aromatic carbocycles. The summed E-state index contributed by atoms with van der Waals surface area (Å²) in [4.78, 5) is 2.04. The van der Waals surface area contributed by atoms with Crippen molar-refractivity contribution >= 4 is 11.4 Å². The highest BCUT2D eigenvalue weighted by molar-refractivity contribution is 5.67. The smallest absolute Gasteiger partial charge is 0.163 e. The van der Waals surface area contributed by atoms with E-state index in [1.165, 1.54) is 11.6 Å². The van der Waals surface area contributed by atoms with Gasteiger partial charge >= 0.3 is 0 Å². The lowest BCUT2D eigenvalue weighted by Crippen LogP contribution is -2.20. The molecule has 20 heavy (non-hydrogen) atoms. The molecule has 0 amide bonds. The van der Waals surface area contributed by atoms with Gasteiger partial charge in [-0.1, -0.05) is 18.2 Å². The molecule has 104 valence electrons. The van der Waals surface area contributed by atoms with Gasteiger partial charge in [0.15, 0.2) is 11.6 Å². The number of nitrogen functional groups attached to an aromatic ring is 1. The number of nitrogens with zero attached hydrogens (tertiary/aromatic N) is 1. The first kappa shape index (κ1) is 12.9. The number of benzene rings is 2. The van der Waals surface area contributed by atoms with Crippen LogP contribution in [0.2, 0.25) is 0 Å². The van der Waals surface area contributed by atoms with Gasteiger partial charge in [-0.3, -0.25) is 0 Å². The van der Waals surface area contributed by atoms with Crippen LogP contribution >= 0.6 is 0 Å². The van der Waals surface area contributed by atoms with Crippen LogP contribution in [-0.4, -0.2) is 6.54 Å². The number of hydrogen-bond donors (Lipinski definition) is 1. The fourth-order valence-electron chi connectivity index (χ4n) is 2.68. The van der Waals surface area contributed by atoms with E-state index in [1.807, 2.05) is 17.9 Å². The summed E-state index contributed by atoms with van der Waals surface area (Å²) in [6, 6.07) is 8.29. The zero-order chi connectivity index (χ0) is 14.3. The minimum absolute atomic E-state index is 0.360. The number of fused-ring (bicyclic) bond motifs is 1. The lowest BCUT2D eigenvalue weighted by atomic mass is 10.1. The van der Waals surface area contributed by atoms with Crippen molar-refractivity contribution in [2.45, 2.75) is 19.9 Å². The minimum atomic E-state index is -0.801. The van der Waals surface area contributed by atoms with Crippen molar-refractivity contribution in [3.05, 3.63) is 58.7 Å². The standard InChI is InChI=1S/C16H16F2N2/c1-10-7-11-5-6-20(15(11)8-14(10)19)9-12-3-2-4-13(17)16(12)18/h2-4,7-8H,5-6,9,19H2,1H3. The topological polar surface area (TPSA) is 29.3 Å². The van der Waals surface area contributed by atoms with Gasteiger partial charge in [0.2, 0.25) is 0 Å². The molecule has 0 unspecified atom stereocenters. The molecule has 1 aliphatic rings. The third kappa shape index (κ3) is 2.11. The van der Waals surface area contributed by atoms with Crippen LogP contribution in [0.3, 0.4) is 0 Å². The number of nitrogens with two attached hydrogens (primary N) is 1. The van der Waals surface area contributed by atoms with Gasteiger partial charge in [-0.25, -0.2) is 8.78 Å². The molecular formula is C16H16F2N2. The van der Waals surface area contributed by atoms with Gasteiger partial charge in [0.1, 0.15) is 0 Å². The Hall–Kier alpha value is -2.10. The quantitative estimate of drug-likeness (QED) is 0.850. The molecular weight excluding hydrogens is 258 g/mol. The van der Waals surface area contributed by atoms with E-state index in [1.54, 1.807) is 6.07 Å². The van der Waals surface area contributed by atoms with E-state index in [2.05, 4.69) is 6.07 Å². The van der Waals surface area contributed by atoms with Crippen LogP contribution in [-0.2, 0) is 13.0 Å². The maximum atomic E-state index is 13.7. The van der Waals surface area contributed by atoms with E-state index in [0.29, 0.717) is 12.1 Å². The second-order valence-electron chi connectivity index (χ2n) is 5.22. The Morgan fingerprint density at radius 2 is 2.05 bits per heavy atom. The maximum Gasteiger partial charge on any atom is 0.163 e. The molecule has 0 fully saturated rings. The van der Waals surface area contributed by atoms with Crippen LogP contribution < -0.4 is 10.6 Å². The molecule has 0 aromatic heterocycles. The number of halogens is 2. The van der Waals surface area contributed by atoms with E-state index in [4.69, 9.17) is 5.73 Å². The van der Waals surface area contributed by atoms with E-state index in [0.717, 1.165) is 36.0 Å². The summed E-state index contributed by atoms with van der Waals surface area (Å²) >= 11 is 0. The highest BCUT2D eigenvalue weighted by Gasteiger charge is 2.21. The first-order valence-corrected chi connectivity index (χ1v) is 6.63. The van der Waals surface area contributed by atoms with E-state index in [-0.39, 0.29) is 0 Å². The summed E-state index contributed by atoms with van der Waals surface area (Å²) in [5, 5.41) is 0. The molecule has 4 heteroatoms. The first-order chi connectivity index (χ1) is 9.56. The molecule has 2 N–H and O–H groups in total. The molecule has 1 heterocycles. The van der Waals surface area contributed by atoms with Gasteiger partial charge in [-0.15, -0.1) is 0 Å². The van der Waals surface area contributed by atoms with Crippen molar-refractivity contribution in [2.75, 3.05) is 17.2 Å². The fraction of sp³-hybridized carbons (Fsp3) is 0.250. The molecule has 0 radical (unpaired) electrons. The molecule has 0 saturated carbocycles. The monoisotopic (exact) mass is 274 g/mol. The van der Waals surface area contributed by atoms with Gasteiger partial charge in [-0.2, -0.15) is 0 Å². The van der Waals surface area contributed by atoms with E-state index < -0.39 is 11.6 Å². The summed E-state index contributed by atoms with van der Waals surface area (Å²) in [5.41, 5.74) is 10.3. The van der Waals surface area contributed by atoms with Crippen molar-refractivity contribution in [1.29, 1.82) is 0 Å². The number of aryl methyl sites for hydroxylation is 1. The Balaban J connectivity index is 1.92. The molecule has 0 aliphatic carbocycles. The van der Waals surface area contributed by atoms with Crippen LogP contribution in [0.15, 0.2) is 30.3 Å². The first-order valence-electron chi connectivity index (χ1n) is 6.63. The zero-order valence-corrected chi connectivity index (χ0v) is 11.3. The Labute approximate surface area is 116 Å². The molecule has 2 nitrogen and oxygen atoms in total. The van der Waals surface area contributed by atoms with E-state index >= 15 is 0 Å². The van der Waals surface area contributed by atoms with Gasteiger partial charge in [0.05, 0.1) is 0 Å². The van der Waals surface area contributed by atoms with Crippen molar-refractivity contribution in [3.63, 3.8) is 0 Å². The average Bonchev–Trinajstić information content (AvgIpc) is 2.78. The Bertz CT molecular complexity index is 668. The number of rotatable bonds is 2.